The van der Waals surface area contributed by atoms with Crippen LogP contribution in [-0.2, 0) is 10.0 Å². The van der Waals surface area contributed by atoms with Crippen LogP contribution in [0, 0.1) is 15.9 Å². The number of rotatable bonds is 6. The molecular formula is C15H16BrClFN3O4S. The van der Waals surface area contributed by atoms with E-state index in [0.29, 0.717) is 5.56 Å². The smallest absolute Gasteiger partial charge is 0.269 e. The van der Waals surface area contributed by atoms with Gasteiger partial charge in [-0.3, -0.25) is 10.1 Å². The maximum Gasteiger partial charge on any atom is 0.269 e. The van der Waals surface area contributed by atoms with Gasteiger partial charge in [-0.15, -0.1) is 12.4 Å². The Balaban J connectivity index is 0.00000338. The Labute approximate surface area is 164 Å². The SMILES string of the molecule is CN(C[C@@H](N)c1ccc(F)c(Br)c1)S(=O)(=O)c1ccc([N+](=O)[O-])cc1.Cl. The van der Waals surface area contributed by atoms with Gasteiger partial charge in [-0.25, -0.2) is 12.8 Å². The number of nitrogens with zero attached hydrogens (tertiary/aromatic N) is 2. The molecule has 0 bridgehead atoms. The predicted octanol–water partition coefficient (Wildman–Crippen LogP) is 3.24. The minimum atomic E-state index is -3.86. The molecule has 7 nitrogen and oxygen atoms in total. The molecule has 0 aromatic heterocycles. The number of nitro benzene ring substituents is 1. The van der Waals surface area contributed by atoms with E-state index in [1.54, 1.807) is 0 Å². The molecule has 2 aromatic rings. The van der Waals surface area contributed by atoms with Crippen molar-refractivity contribution in [1.82, 2.24) is 4.31 Å². The summed E-state index contributed by atoms with van der Waals surface area (Å²) in [5.41, 5.74) is 6.38. The lowest BCUT2D eigenvalue weighted by molar-refractivity contribution is -0.384. The number of nitrogens with two attached hydrogens (primary N) is 1. The van der Waals surface area contributed by atoms with Gasteiger partial charge in [-0.2, -0.15) is 4.31 Å². The largest absolute Gasteiger partial charge is 0.323 e. The van der Waals surface area contributed by atoms with Crippen molar-refractivity contribution in [1.29, 1.82) is 0 Å². The molecule has 0 unspecified atom stereocenters. The van der Waals surface area contributed by atoms with E-state index < -0.39 is 26.8 Å². The molecule has 11 heteroatoms. The third-order valence-corrected chi connectivity index (χ3v) is 6.03. The second kappa shape index (κ2) is 8.87. The van der Waals surface area contributed by atoms with Crippen molar-refractivity contribution >= 4 is 44.0 Å². The van der Waals surface area contributed by atoms with E-state index in [-0.39, 0.29) is 34.0 Å². The van der Waals surface area contributed by atoms with Gasteiger partial charge >= 0.3 is 0 Å². The molecule has 0 saturated carbocycles. The van der Waals surface area contributed by atoms with Crippen molar-refractivity contribution in [3.05, 3.63) is 68.4 Å². The fraction of sp³-hybridized carbons (Fsp3) is 0.200. The molecule has 0 heterocycles. The van der Waals surface area contributed by atoms with E-state index in [1.807, 2.05) is 0 Å². The molecule has 0 saturated heterocycles. The number of sulfonamides is 1. The van der Waals surface area contributed by atoms with Crippen LogP contribution in [0.4, 0.5) is 10.1 Å². The maximum absolute atomic E-state index is 13.3. The number of hydrogen-bond acceptors (Lipinski definition) is 5. The maximum atomic E-state index is 13.3. The summed E-state index contributed by atoms with van der Waals surface area (Å²) in [6.07, 6.45) is 0. The van der Waals surface area contributed by atoms with Crippen LogP contribution in [0.1, 0.15) is 11.6 Å². The lowest BCUT2D eigenvalue weighted by atomic mass is 10.1. The van der Waals surface area contributed by atoms with Crippen molar-refractivity contribution < 1.29 is 17.7 Å². The highest BCUT2D eigenvalue weighted by Gasteiger charge is 2.24. The van der Waals surface area contributed by atoms with Crippen LogP contribution in [0.2, 0.25) is 0 Å². The van der Waals surface area contributed by atoms with Crippen LogP contribution in [0.25, 0.3) is 0 Å². The van der Waals surface area contributed by atoms with Gasteiger partial charge in [-0.05, 0) is 45.8 Å². The summed E-state index contributed by atoms with van der Waals surface area (Å²) in [4.78, 5) is 9.96. The summed E-state index contributed by atoms with van der Waals surface area (Å²) in [5, 5.41) is 10.6. The highest BCUT2D eigenvalue weighted by atomic mass is 79.9. The van der Waals surface area contributed by atoms with E-state index >= 15 is 0 Å². The van der Waals surface area contributed by atoms with Gasteiger partial charge in [0.25, 0.3) is 5.69 Å². The molecular weight excluding hydrogens is 453 g/mol. The highest BCUT2D eigenvalue weighted by molar-refractivity contribution is 9.10. The summed E-state index contributed by atoms with van der Waals surface area (Å²) in [7, 11) is -2.50. The third-order valence-electron chi connectivity index (χ3n) is 3.58. The van der Waals surface area contributed by atoms with Crippen LogP contribution in [0.3, 0.4) is 0 Å². The van der Waals surface area contributed by atoms with E-state index in [2.05, 4.69) is 15.9 Å². The number of nitro groups is 1. The lowest BCUT2D eigenvalue weighted by Gasteiger charge is -2.21. The summed E-state index contributed by atoms with van der Waals surface area (Å²) in [6.45, 7) is -0.0443. The molecule has 26 heavy (non-hydrogen) atoms. The Kier molecular flexibility index (Phi) is 7.66. The average Bonchev–Trinajstić information content (AvgIpc) is 2.57. The van der Waals surface area contributed by atoms with Gasteiger partial charge in [0.05, 0.1) is 14.3 Å². The van der Waals surface area contributed by atoms with Crippen LogP contribution in [0.15, 0.2) is 51.8 Å². The van der Waals surface area contributed by atoms with E-state index in [0.717, 1.165) is 16.4 Å². The monoisotopic (exact) mass is 467 g/mol. The van der Waals surface area contributed by atoms with Crippen molar-refractivity contribution in [2.24, 2.45) is 5.73 Å². The molecule has 1 atom stereocenters. The topological polar surface area (TPSA) is 107 Å². The standard InChI is InChI=1S/C15H15BrFN3O4S.ClH/c1-19(9-15(18)10-2-7-14(17)13(16)8-10)25(23,24)12-5-3-11(4-6-12)20(21)22;/h2-8,15H,9,18H2,1H3;1H/t15-;/m1./s1. The molecule has 0 spiro atoms. The second-order valence-corrected chi connectivity index (χ2v) is 8.22. The molecule has 0 radical (unpaired) electrons. The zero-order chi connectivity index (χ0) is 18.8. The van der Waals surface area contributed by atoms with Crippen LogP contribution in [0.5, 0.6) is 0 Å². The van der Waals surface area contributed by atoms with Gasteiger partial charge in [0.2, 0.25) is 10.0 Å². The minimum absolute atomic E-state index is 0. The summed E-state index contributed by atoms with van der Waals surface area (Å²) >= 11 is 3.06. The number of non-ortho nitro benzene ring substituents is 1. The Bertz CT molecular complexity index is 896. The van der Waals surface area contributed by atoms with Crippen molar-refractivity contribution in [2.75, 3.05) is 13.6 Å². The zero-order valence-electron chi connectivity index (χ0n) is 13.5. The Morgan fingerprint density at radius 3 is 2.35 bits per heavy atom. The first-order valence-corrected chi connectivity index (χ1v) is 9.27. The molecule has 0 fully saturated rings. The Morgan fingerprint density at radius 1 is 1.27 bits per heavy atom. The van der Waals surface area contributed by atoms with Crippen molar-refractivity contribution in [3.8, 4) is 0 Å². The highest BCUT2D eigenvalue weighted by Crippen LogP contribution is 2.23. The Morgan fingerprint density at radius 2 is 1.85 bits per heavy atom. The molecule has 0 aliphatic heterocycles. The molecule has 0 amide bonds. The first-order chi connectivity index (χ1) is 11.6. The number of hydrogen-bond donors (Lipinski definition) is 1. The Hall–Kier alpha value is -1.59. The molecule has 0 aliphatic carbocycles. The van der Waals surface area contributed by atoms with E-state index in [1.165, 1.54) is 37.4 Å². The quantitative estimate of drug-likeness (QED) is 0.517. The molecule has 2 aromatic carbocycles. The van der Waals surface area contributed by atoms with Crippen LogP contribution < -0.4 is 5.73 Å². The van der Waals surface area contributed by atoms with Crippen molar-refractivity contribution in [2.45, 2.75) is 10.9 Å². The van der Waals surface area contributed by atoms with Crippen LogP contribution >= 0.6 is 28.3 Å². The molecule has 2 N–H and O–H groups in total. The van der Waals surface area contributed by atoms with Crippen LogP contribution in [-0.4, -0.2) is 31.2 Å². The van der Waals surface area contributed by atoms with Crippen molar-refractivity contribution in [3.63, 3.8) is 0 Å². The zero-order valence-corrected chi connectivity index (χ0v) is 16.7. The van der Waals surface area contributed by atoms with E-state index in [9.17, 15) is 22.9 Å². The fourth-order valence-electron chi connectivity index (χ4n) is 2.14. The lowest BCUT2D eigenvalue weighted by Crippen LogP contribution is -2.34. The molecule has 0 aliphatic rings. The normalized spacial score (nSPS) is 12.5. The minimum Gasteiger partial charge on any atom is -0.323 e. The number of benzene rings is 2. The molecule has 142 valence electrons. The summed E-state index contributed by atoms with van der Waals surface area (Å²) < 4.78 is 39.6. The fourth-order valence-corrected chi connectivity index (χ4v) is 3.74. The van der Waals surface area contributed by atoms with Gasteiger partial charge in [-0.1, -0.05) is 6.07 Å². The first-order valence-electron chi connectivity index (χ1n) is 7.04. The van der Waals surface area contributed by atoms with Gasteiger partial charge < -0.3 is 5.73 Å². The van der Waals surface area contributed by atoms with E-state index in [4.69, 9.17) is 5.73 Å². The average molecular weight is 469 g/mol. The third kappa shape index (κ3) is 4.98. The number of likely N-dealkylation sites (N-methyl/N-ethyl adjacent to an activating group) is 1. The number of halogens is 3. The predicted molar refractivity (Wildman–Crippen MR) is 101 cm³/mol. The van der Waals surface area contributed by atoms with Gasteiger partial charge in [0, 0.05) is 31.8 Å². The molecule has 2 rings (SSSR count). The summed E-state index contributed by atoms with van der Waals surface area (Å²) in [5.74, 6) is -0.442. The summed E-state index contributed by atoms with van der Waals surface area (Å²) in [6, 6.07) is 8.13. The van der Waals surface area contributed by atoms with Gasteiger partial charge in [0.15, 0.2) is 0 Å². The second-order valence-electron chi connectivity index (χ2n) is 5.32. The first kappa shape index (κ1) is 22.5. The van der Waals surface area contributed by atoms with Gasteiger partial charge in [0.1, 0.15) is 5.82 Å².